The highest BCUT2D eigenvalue weighted by Gasteiger charge is 2.29. The Morgan fingerprint density at radius 2 is 1.83 bits per heavy atom. The number of nitro groups is 1. The summed E-state index contributed by atoms with van der Waals surface area (Å²) in [4.78, 5) is 12.3. The molecule has 0 aliphatic carbocycles. The molecule has 1 atom stereocenters. The second kappa shape index (κ2) is 8.52. The van der Waals surface area contributed by atoms with Gasteiger partial charge in [-0.05, 0) is 38.7 Å². The lowest BCUT2D eigenvalue weighted by molar-refractivity contribution is -0.385. The van der Waals surface area contributed by atoms with Crippen molar-refractivity contribution in [1.82, 2.24) is 9.21 Å². The number of benzene rings is 1. The topological polar surface area (TPSA) is 110 Å². The number of non-ortho nitro benzene ring substituents is 1. The third-order valence-corrected chi connectivity index (χ3v) is 5.92. The maximum Gasteiger partial charge on any atom is 0.270 e. The van der Waals surface area contributed by atoms with Crippen molar-refractivity contribution in [2.24, 2.45) is 5.73 Å². The van der Waals surface area contributed by atoms with E-state index in [9.17, 15) is 18.5 Å². The van der Waals surface area contributed by atoms with Crippen molar-refractivity contribution in [2.45, 2.75) is 31.2 Å². The minimum atomic E-state index is -3.84. The highest BCUT2D eigenvalue weighted by atomic mass is 32.2. The molecule has 9 heteroatoms. The van der Waals surface area contributed by atoms with Crippen molar-refractivity contribution >= 4 is 15.7 Å². The van der Waals surface area contributed by atoms with Crippen LogP contribution >= 0.6 is 0 Å². The molecule has 8 nitrogen and oxygen atoms in total. The predicted molar refractivity (Wildman–Crippen MR) is 93.3 cm³/mol. The Kier molecular flexibility index (Phi) is 7.27. The van der Waals surface area contributed by atoms with Crippen LogP contribution < -0.4 is 5.73 Å². The van der Waals surface area contributed by atoms with Crippen LogP contribution in [-0.2, 0) is 10.0 Å². The molecule has 0 bridgehead atoms. The monoisotopic (exact) mass is 358 g/mol. The summed E-state index contributed by atoms with van der Waals surface area (Å²) in [5.41, 5.74) is 6.32. The largest absolute Gasteiger partial charge is 0.324 e. The van der Waals surface area contributed by atoms with Crippen LogP contribution in [-0.4, -0.2) is 56.3 Å². The first kappa shape index (κ1) is 20.5. The van der Waals surface area contributed by atoms with Crippen LogP contribution in [0.1, 0.15) is 31.9 Å². The van der Waals surface area contributed by atoms with E-state index in [2.05, 4.69) is 0 Å². The summed E-state index contributed by atoms with van der Waals surface area (Å²) >= 11 is 0. The highest BCUT2D eigenvalue weighted by molar-refractivity contribution is 7.89. The van der Waals surface area contributed by atoms with Crippen molar-refractivity contribution in [3.63, 3.8) is 0 Å². The maximum absolute atomic E-state index is 12.9. The molecule has 1 unspecified atom stereocenters. The third-order valence-electron chi connectivity index (χ3n) is 3.82. The number of nitrogens with zero attached hydrogens (tertiary/aromatic N) is 3. The fourth-order valence-corrected chi connectivity index (χ4v) is 4.17. The Morgan fingerprint density at radius 3 is 2.29 bits per heavy atom. The summed E-state index contributed by atoms with van der Waals surface area (Å²) in [6.45, 7) is 4.71. The van der Waals surface area contributed by atoms with Crippen molar-refractivity contribution in [3.8, 4) is 0 Å². The van der Waals surface area contributed by atoms with Crippen molar-refractivity contribution < 1.29 is 13.3 Å². The van der Waals surface area contributed by atoms with Crippen LogP contribution in [0.25, 0.3) is 0 Å². The molecule has 0 saturated heterocycles. The number of nitrogens with two attached hydrogens (primary N) is 1. The van der Waals surface area contributed by atoms with E-state index in [1.807, 2.05) is 19.0 Å². The molecule has 1 rings (SSSR count). The smallest absolute Gasteiger partial charge is 0.270 e. The number of hydrogen-bond acceptors (Lipinski definition) is 6. The van der Waals surface area contributed by atoms with E-state index in [0.717, 1.165) is 6.07 Å². The Morgan fingerprint density at radius 1 is 1.25 bits per heavy atom. The number of rotatable bonds is 9. The van der Waals surface area contributed by atoms with Gasteiger partial charge in [-0.15, -0.1) is 0 Å². The van der Waals surface area contributed by atoms with Gasteiger partial charge in [-0.25, -0.2) is 8.42 Å². The van der Waals surface area contributed by atoms with Gasteiger partial charge in [0.1, 0.15) is 0 Å². The third kappa shape index (κ3) is 4.73. The minimum Gasteiger partial charge on any atom is -0.324 e. The molecule has 0 aliphatic rings. The second-order valence-electron chi connectivity index (χ2n) is 5.77. The van der Waals surface area contributed by atoms with Crippen LogP contribution in [0.15, 0.2) is 23.1 Å². The molecule has 0 amide bonds. The lowest BCUT2D eigenvalue weighted by Gasteiger charge is -2.23. The standard InChI is InChI=1S/C15H26N4O4S/c1-5-18(6-2)24(22,23)15-11-12(19(20)21)7-8-13(15)14(16)9-10-17(3)4/h7-8,11,14H,5-6,9-10,16H2,1-4H3. The van der Waals surface area contributed by atoms with E-state index < -0.39 is 21.0 Å². The maximum atomic E-state index is 12.9. The van der Waals surface area contributed by atoms with E-state index in [0.29, 0.717) is 18.5 Å². The van der Waals surface area contributed by atoms with Gasteiger partial charge in [0.2, 0.25) is 10.0 Å². The molecular weight excluding hydrogens is 332 g/mol. The van der Waals surface area contributed by atoms with E-state index >= 15 is 0 Å². The second-order valence-corrected chi connectivity index (χ2v) is 7.67. The summed E-state index contributed by atoms with van der Waals surface area (Å²) in [5, 5.41) is 11.0. The first-order valence-corrected chi connectivity index (χ1v) is 9.27. The number of sulfonamides is 1. The lowest BCUT2D eigenvalue weighted by atomic mass is 10.0. The van der Waals surface area contributed by atoms with E-state index in [-0.39, 0.29) is 23.7 Å². The summed E-state index contributed by atoms with van der Waals surface area (Å²) < 4.78 is 27.0. The summed E-state index contributed by atoms with van der Waals surface area (Å²) in [7, 11) is -0.0383. The molecule has 0 spiro atoms. The molecule has 0 radical (unpaired) electrons. The van der Waals surface area contributed by atoms with Crippen molar-refractivity contribution in [1.29, 1.82) is 0 Å². The molecule has 24 heavy (non-hydrogen) atoms. The van der Waals surface area contributed by atoms with Gasteiger partial charge in [0.25, 0.3) is 5.69 Å². The fraction of sp³-hybridized carbons (Fsp3) is 0.600. The molecule has 1 aromatic rings. The van der Waals surface area contributed by atoms with Crippen molar-refractivity contribution in [2.75, 3.05) is 33.7 Å². The molecule has 136 valence electrons. The first-order chi connectivity index (χ1) is 11.1. The number of hydrogen-bond donors (Lipinski definition) is 1. The van der Waals surface area contributed by atoms with Gasteiger partial charge in [-0.1, -0.05) is 13.8 Å². The van der Waals surface area contributed by atoms with Crippen LogP contribution in [0.3, 0.4) is 0 Å². The lowest BCUT2D eigenvalue weighted by Crippen LogP contribution is -2.32. The molecule has 0 aliphatic heterocycles. The average molecular weight is 358 g/mol. The Bertz CT molecular complexity index is 672. The van der Waals surface area contributed by atoms with Crippen LogP contribution in [0.2, 0.25) is 0 Å². The van der Waals surface area contributed by atoms with Gasteiger partial charge in [-0.3, -0.25) is 10.1 Å². The van der Waals surface area contributed by atoms with Crippen LogP contribution in [0, 0.1) is 10.1 Å². The highest BCUT2D eigenvalue weighted by Crippen LogP contribution is 2.29. The van der Waals surface area contributed by atoms with Gasteiger partial charge < -0.3 is 10.6 Å². The van der Waals surface area contributed by atoms with Gasteiger partial charge in [0, 0.05) is 31.3 Å². The van der Waals surface area contributed by atoms with Gasteiger partial charge in [0.15, 0.2) is 0 Å². The SMILES string of the molecule is CCN(CC)S(=O)(=O)c1cc([N+](=O)[O-])ccc1C(N)CCN(C)C. The molecule has 0 fully saturated rings. The zero-order valence-corrected chi connectivity index (χ0v) is 15.4. The normalized spacial score (nSPS) is 13.5. The molecule has 2 N–H and O–H groups in total. The molecule has 1 aromatic carbocycles. The summed E-state index contributed by atoms with van der Waals surface area (Å²) in [6, 6.07) is 3.34. The van der Waals surface area contributed by atoms with Crippen LogP contribution in [0.5, 0.6) is 0 Å². The van der Waals surface area contributed by atoms with Gasteiger partial charge in [-0.2, -0.15) is 4.31 Å². The fourth-order valence-electron chi connectivity index (χ4n) is 2.42. The van der Waals surface area contributed by atoms with Crippen molar-refractivity contribution in [3.05, 3.63) is 33.9 Å². The van der Waals surface area contributed by atoms with E-state index in [1.54, 1.807) is 13.8 Å². The van der Waals surface area contributed by atoms with E-state index in [1.165, 1.54) is 16.4 Å². The Labute approximate surface area is 143 Å². The van der Waals surface area contributed by atoms with Crippen LogP contribution in [0.4, 0.5) is 5.69 Å². The predicted octanol–water partition coefficient (Wildman–Crippen LogP) is 1.58. The zero-order valence-electron chi connectivity index (χ0n) is 14.6. The molecular formula is C15H26N4O4S. The Balaban J connectivity index is 3.42. The number of nitro benzene ring substituents is 1. The molecule has 0 saturated carbocycles. The average Bonchev–Trinajstić information content (AvgIpc) is 2.52. The quantitative estimate of drug-likeness (QED) is 0.530. The molecule has 0 heterocycles. The minimum absolute atomic E-state index is 0.0772. The van der Waals surface area contributed by atoms with Gasteiger partial charge >= 0.3 is 0 Å². The summed E-state index contributed by atoms with van der Waals surface area (Å²) in [5.74, 6) is 0. The summed E-state index contributed by atoms with van der Waals surface area (Å²) in [6.07, 6.45) is 0.547. The Hall–Kier alpha value is -1.55. The van der Waals surface area contributed by atoms with E-state index in [4.69, 9.17) is 5.73 Å². The molecule has 0 aromatic heterocycles. The zero-order chi connectivity index (χ0) is 18.5. The first-order valence-electron chi connectivity index (χ1n) is 7.83. The van der Waals surface area contributed by atoms with Gasteiger partial charge in [0.05, 0.1) is 9.82 Å².